The Morgan fingerprint density at radius 2 is 2.00 bits per heavy atom. The van der Waals surface area contributed by atoms with Crippen molar-refractivity contribution in [1.29, 1.82) is 0 Å². The van der Waals surface area contributed by atoms with Gasteiger partial charge < -0.3 is 14.8 Å². The van der Waals surface area contributed by atoms with Crippen molar-refractivity contribution in [1.82, 2.24) is 14.8 Å². The molecule has 1 N–H and O–H groups in total. The smallest absolute Gasteiger partial charge is 0.194 e. The van der Waals surface area contributed by atoms with E-state index in [0.29, 0.717) is 0 Å². The molecule has 1 aromatic heterocycles. The molecule has 2 aromatic rings. The van der Waals surface area contributed by atoms with Gasteiger partial charge in [-0.15, -0.1) is 24.0 Å². The van der Waals surface area contributed by atoms with Gasteiger partial charge in [-0.05, 0) is 27.6 Å². The van der Waals surface area contributed by atoms with Crippen LogP contribution in [0.15, 0.2) is 52.1 Å². The maximum Gasteiger partial charge on any atom is 0.194 e. The number of hydrogen-bond donors (Lipinski definition) is 1. The Labute approximate surface area is 157 Å². The minimum atomic E-state index is 0. The first-order chi connectivity index (χ1) is 10.1. The Morgan fingerprint density at radius 1 is 1.32 bits per heavy atom. The van der Waals surface area contributed by atoms with Gasteiger partial charge in [0, 0.05) is 44.1 Å². The summed E-state index contributed by atoms with van der Waals surface area (Å²) >= 11 is 3.50. The van der Waals surface area contributed by atoms with Crippen LogP contribution in [-0.4, -0.2) is 29.5 Å². The molecule has 0 aliphatic rings. The summed E-state index contributed by atoms with van der Waals surface area (Å²) in [7, 11) is 5.90. The van der Waals surface area contributed by atoms with Crippen molar-refractivity contribution >= 4 is 45.9 Å². The summed E-state index contributed by atoms with van der Waals surface area (Å²) in [6.45, 7) is 1.57. The summed E-state index contributed by atoms with van der Waals surface area (Å²) in [4.78, 5) is 6.46. The molecule has 120 valence electrons. The first-order valence-corrected chi connectivity index (χ1v) is 7.66. The van der Waals surface area contributed by atoms with Gasteiger partial charge in [0.15, 0.2) is 5.96 Å². The third-order valence-electron chi connectivity index (χ3n) is 3.34. The zero-order valence-corrected chi connectivity index (χ0v) is 17.0. The standard InChI is InChI=1S/C16H21BrN4.HI/c1-18-16(19-10-13-7-5-4-6-8-13)21(3)12-15-9-14(17)11-20(15)2;/h4-9,11H,10,12H2,1-3H3,(H,18,19);1H. The number of aromatic nitrogens is 1. The molecule has 0 unspecified atom stereocenters. The highest BCUT2D eigenvalue weighted by atomic mass is 127. The first kappa shape index (κ1) is 19.0. The topological polar surface area (TPSA) is 32.6 Å². The van der Waals surface area contributed by atoms with Crippen LogP contribution in [-0.2, 0) is 20.1 Å². The summed E-state index contributed by atoms with van der Waals surface area (Å²) in [5.74, 6) is 0.885. The van der Waals surface area contributed by atoms with Crippen molar-refractivity contribution in [3.05, 3.63) is 58.3 Å². The SMILES string of the molecule is CN=C(NCc1ccccc1)N(C)Cc1cc(Br)cn1C.I. The minimum Gasteiger partial charge on any atom is -0.352 e. The zero-order chi connectivity index (χ0) is 15.2. The van der Waals surface area contributed by atoms with Gasteiger partial charge in [-0.3, -0.25) is 4.99 Å². The molecule has 0 saturated heterocycles. The predicted octanol–water partition coefficient (Wildman–Crippen LogP) is 3.61. The molecule has 0 amide bonds. The second-order valence-electron chi connectivity index (χ2n) is 5.00. The van der Waals surface area contributed by atoms with Crippen molar-refractivity contribution in [2.24, 2.45) is 12.0 Å². The molecule has 1 heterocycles. The monoisotopic (exact) mass is 476 g/mol. The maximum atomic E-state index is 4.35. The Balaban J connectivity index is 0.00000242. The van der Waals surface area contributed by atoms with Crippen LogP contribution in [0, 0.1) is 0 Å². The number of nitrogens with zero attached hydrogens (tertiary/aromatic N) is 3. The molecule has 4 nitrogen and oxygen atoms in total. The number of guanidine groups is 1. The molecule has 22 heavy (non-hydrogen) atoms. The van der Waals surface area contributed by atoms with Crippen LogP contribution in [0.3, 0.4) is 0 Å². The predicted molar refractivity (Wildman–Crippen MR) is 107 cm³/mol. The van der Waals surface area contributed by atoms with Crippen LogP contribution >= 0.6 is 39.9 Å². The quantitative estimate of drug-likeness (QED) is 0.415. The van der Waals surface area contributed by atoms with Crippen molar-refractivity contribution < 1.29 is 0 Å². The lowest BCUT2D eigenvalue weighted by atomic mass is 10.2. The first-order valence-electron chi connectivity index (χ1n) is 6.86. The third kappa shape index (κ3) is 5.31. The van der Waals surface area contributed by atoms with E-state index in [2.05, 4.69) is 60.1 Å². The summed E-state index contributed by atoms with van der Waals surface area (Å²) in [5, 5.41) is 3.39. The van der Waals surface area contributed by atoms with E-state index in [4.69, 9.17) is 0 Å². The second kappa shape index (κ2) is 9.19. The van der Waals surface area contributed by atoms with Crippen LogP contribution in [0.4, 0.5) is 0 Å². The van der Waals surface area contributed by atoms with Gasteiger partial charge in [0.2, 0.25) is 0 Å². The lowest BCUT2D eigenvalue weighted by molar-refractivity contribution is 0.461. The fraction of sp³-hybridized carbons (Fsp3) is 0.312. The lowest BCUT2D eigenvalue weighted by Crippen LogP contribution is -2.38. The van der Waals surface area contributed by atoms with Gasteiger partial charge in [0.25, 0.3) is 0 Å². The number of nitrogens with one attached hydrogen (secondary N) is 1. The van der Waals surface area contributed by atoms with Gasteiger partial charge in [0.1, 0.15) is 0 Å². The normalized spacial score (nSPS) is 11.0. The van der Waals surface area contributed by atoms with Gasteiger partial charge in [-0.1, -0.05) is 30.3 Å². The van der Waals surface area contributed by atoms with Crippen LogP contribution in [0.1, 0.15) is 11.3 Å². The third-order valence-corrected chi connectivity index (χ3v) is 3.77. The van der Waals surface area contributed by atoms with Crippen molar-refractivity contribution in [3.63, 3.8) is 0 Å². The largest absolute Gasteiger partial charge is 0.352 e. The van der Waals surface area contributed by atoms with E-state index >= 15 is 0 Å². The number of benzene rings is 1. The van der Waals surface area contributed by atoms with Gasteiger partial charge in [-0.2, -0.15) is 0 Å². The molecule has 0 aliphatic heterocycles. The molecule has 0 spiro atoms. The summed E-state index contributed by atoms with van der Waals surface area (Å²) in [5.41, 5.74) is 2.47. The summed E-state index contributed by atoms with van der Waals surface area (Å²) < 4.78 is 3.21. The Kier molecular flexibility index (Phi) is 7.95. The molecule has 2 rings (SSSR count). The highest BCUT2D eigenvalue weighted by Gasteiger charge is 2.09. The molecule has 6 heteroatoms. The highest BCUT2D eigenvalue weighted by molar-refractivity contribution is 14.0. The average Bonchev–Trinajstić information content (AvgIpc) is 2.78. The number of hydrogen-bond acceptors (Lipinski definition) is 1. The molecular weight excluding hydrogens is 455 g/mol. The average molecular weight is 477 g/mol. The molecule has 0 bridgehead atoms. The fourth-order valence-corrected chi connectivity index (χ4v) is 2.77. The molecular formula is C16H22BrIN4. The van der Waals surface area contributed by atoms with E-state index < -0.39 is 0 Å². The fourth-order valence-electron chi connectivity index (χ4n) is 2.20. The molecule has 1 aromatic carbocycles. The lowest BCUT2D eigenvalue weighted by Gasteiger charge is -2.22. The number of rotatable bonds is 4. The van der Waals surface area contributed by atoms with Crippen LogP contribution in [0.5, 0.6) is 0 Å². The summed E-state index contributed by atoms with van der Waals surface area (Å²) in [6, 6.07) is 12.5. The van der Waals surface area contributed by atoms with Crippen molar-refractivity contribution in [3.8, 4) is 0 Å². The molecule has 0 aliphatic carbocycles. The Bertz CT molecular complexity index is 610. The number of aliphatic imine (C=N–C) groups is 1. The van der Waals surface area contributed by atoms with Gasteiger partial charge in [-0.25, -0.2) is 0 Å². The molecule has 0 fully saturated rings. The molecule has 0 atom stereocenters. The van der Waals surface area contributed by atoms with Crippen molar-refractivity contribution in [2.75, 3.05) is 14.1 Å². The van der Waals surface area contributed by atoms with Crippen LogP contribution in [0.25, 0.3) is 0 Å². The Hall–Kier alpha value is -1.02. The van der Waals surface area contributed by atoms with E-state index in [9.17, 15) is 0 Å². The second-order valence-corrected chi connectivity index (χ2v) is 5.92. The van der Waals surface area contributed by atoms with E-state index in [1.54, 1.807) is 0 Å². The zero-order valence-electron chi connectivity index (χ0n) is 13.1. The highest BCUT2D eigenvalue weighted by Crippen LogP contribution is 2.15. The van der Waals surface area contributed by atoms with E-state index in [1.165, 1.54) is 11.3 Å². The van der Waals surface area contributed by atoms with E-state index in [0.717, 1.165) is 23.5 Å². The van der Waals surface area contributed by atoms with Crippen LogP contribution < -0.4 is 5.32 Å². The van der Waals surface area contributed by atoms with E-state index in [1.807, 2.05) is 39.3 Å². The molecule has 0 saturated carbocycles. The van der Waals surface area contributed by atoms with Crippen molar-refractivity contribution in [2.45, 2.75) is 13.1 Å². The number of halogens is 2. The minimum absolute atomic E-state index is 0. The van der Waals surface area contributed by atoms with Crippen LogP contribution in [0.2, 0.25) is 0 Å². The Morgan fingerprint density at radius 3 is 2.55 bits per heavy atom. The number of aryl methyl sites for hydroxylation is 1. The van der Waals surface area contributed by atoms with Gasteiger partial charge >= 0.3 is 0 Å². The molecule has 0 radical (unpaired) electrons. The van der Waals surface area contributed by atoms with E-state index in [-0.39, 0.29) is 24.0 Å². The summed E-state index contributed by atoms with van der Waals surface area (Å²) in [6.07, 6.45) is 2.06. The van der Waals surface area contributed by atoms with Gasteiger partial charge in [0.05, 0.1) is 6.54 Å². The maximum absolute atomic E-state index is 4.35.